The molecule has 0 aliphatic carbocycles. The lowest BCUT2D eigenvalue weighted by molar-refractivity contribution is -0.176. The number of carboxylic acid groups (broad SMARTS) is 1. The Balaban J connectivity index is 1.82. The molecule has 3 rings (SSSR count). The molecule has 1 aromatic rings. The van der Waals surface area contributed by atoms with E-state index in [4.69, 9.17) is 28.3 Å². The molecule has 182 valence electrons. The molecule has 0 spiro atoms. The van der Waals surface area contributed by atoms with Crippen molar-refractivity contribution in [1.82, 2.24) is 20.7 Å². The number of carboxylic acids is 1. The zero-order valence-electron chi connectivity index (χ0n) is 17.8. The second kappa shape index (κ2) is 10.8. The second-order valence-electron chi connectivity index (χ2n) is 7.93. The Morgan fingerprint density at radius 3 is 2.44 bits per heavy atom. The van der Waals surface area contributed by atoms with Crippen LogP contribution in [0.4, 0.5) is 0 Å². The first-order valence-electron chi connectivity index (χ1n) is 10.5. The standard InChI is InChI=1S/C21H22Cl2N4O7/c22-12-6-11(7-13(23)8-12)19(32)25-15-3-4-17(29)26-5-1-2-16(27(26)21(15)34)20(33)24-14(10-28)9-18(30)31/h6-8,10,14-16H,1-5,9H2,(H,24,33)(H,25,32)(H,30,31)/t14-,15-,16-/m0/s1. The lowest BCUT2D eigenvalue weighted by Gasteiger charge is -2.43. The molecule has 2 fully saturated rings. The number of hydrazine groups is 1. The number of fused-ring (bicyclic) bond motifs is 1. The van der Waals surface area contributed by atoms with Gasteiger partial charge in [0.05, 0.1) is 12.5 Å². The Hall–Kier alpha value is -3.18. The molecule has 11 nitrogen and oxygen atoms in total. The average molecular weight is 513 g/mol. The molecule has 3 N–H and O–H groups in total. The number of nitrogens with zero attached hydrogens (tertiary/aromatic N) is 2. The Labute approximate surface area is 204 Å². The zero-order chi connectivity index (χ0) is 25.0. The van der Waals surface area contributed by atoms with Crippen molar-refractivity contribution in [2.75, 3.05) is 6.54 Å². The predicted molar refractivity (Wildman–Crippen MR) is 119 cm³/mol. The van der Waals surface area contributed by atoms with Gasteiger partial charge < -0.3 is 20.5 Å². The molecule has 3 atom stereocenters. The van der Waals surface area contributed by atoms with Crippen molar-refractivity contribution in [3.05, 3.63) is 33.8 Å². The summed E-state index contributed by atoms with van der Waals surface area (Å²) in [5.74, 6) is -3.76. The largest absolute Gasteiger partial charge is 0.481 e. The first-order chi connectivity index (χ1) is 16.1. The van der Waals surface area contributed by atoms with E-state index in [0.29, 0.717) is 12.7 Å². The van der Waals surface area contributed by atoms with Gasteiger partial charge in [0, 0.05) is 28.6 Å². The number of halogens is 2. The molecule has 1 aromatic carbocycles. The van der Waals surface area contributed by atoms with E-state index in [2.05, 4.69) is 10.6 Å². The number of hydrogen-bond donors (Lipinski definition) is 3. The molecule has 34 heavy (non-hydrogen) atoms. The zero-order valence-corrected chi connectivity index (χ0v) is 19.3. The lowest BCUT2D eigenvalue weighted by atomic mass is 10.0. The first-order valence-corrected chi connectivity index (χ1v) is 11.2. The van der Waals surface area contributed by atoms with E-state index in [1.54, 1.807) is 0 Å². The van der Waals surface area contributed by atoms with Crippen LogP contribution in [0.1, 0.15) is 42.5 Å². The van der Waals surface area contributed by atoms with E-state index in [9.17, 15) is 28.8 Å². The molecule has 0 saturated carbocycles. The van der Waals surface area contributed by atoms with Crippen molar-refractivity contribution in [2.24, 2.45) is 0 Å². The van der Waals surface area contributed by atoms with E-state index >= 15 is 0 Å². The Kier molecular flexibility index (Phi) is 8.11. The number of aliphatic carboxylic acids is 1. The number of hydrogen-bond acceptors (Lipinski definition) is 6. The van der Waals surface area contributed by atoms with Crippen LogP contribution in [0.15, 0.2) is 18.2 Å². The number of nitrogens with one attached hydrogen (secondary N) is 2. The SMILES string of the molecule is O=C[C@H](CC(=O)O)NC(=O)[C@@H]1CCCN2C(=O)CC[C@H](NC(=O)c3cc(Cl)cc(Cl)c3)C(=O)N12. The molecule has 2 aliphatic heterocycles. The third-order valence-electron chi connectivity index (χ3n) is 5.48. The summed E-state index contributed by atoms with van der Waals surface area (Å²) in [5, 5.41) is 16.4. The maximum Gasteiger partial charge on any atom is 0.305 e. The first kappa shape index (κ1) is 25.4. The van der Waals surface area contributed by atoms with Gasteiger partial charge >= 0.3 is 5.97 Å². The minimum Gasteiger partial charge on any atom is -0.481 e. The molecule has 13 heteroatoms. The van der Waals surface area contributed by atoms with Gasteiger partial charge in [-0.15, -0.1) is 0 Å². The van der Waals surface area contributed by atoms with Crippen molar-refractivity contribution < 1.29 is 33.9 Å². The predicted octanol–water partition coefficient (Wildman–Crippen LogP) is 0.779. The molecule has 0 radical (unpaired) electrons. The third-order valence-corrected chi connectivity index (χ3v) is 5.92. The highest BCUT2D eigenvalue weighted by molar-refractivity contribution is 6.35. The summed E-state index contributed by atoms with van der Waals surface area (Å²) >= 11 is 11.9. The fraction of sp³-hybridized carbons (Fsp3) is 0.429. The number of carbonyl (C=O) groups excluding carboxylic acids is 5. The number of aldehydes is 1. The van der Waals surface area contributed by atoms with Crippen molar-refractivity contribution in [3.8, 4) is 0 Å². The average Bonchev–Trinajstić information content (AvgIpc) is 2.89. The quantitative estimate of drug-likeness (QED) is 0.456. The maximum atomic E-state index is 13.4. The monoisotopic (exact) mass is 512 g/mol. The highest BCUT2D eigenvalue weighted by Crippen LogP contribution is 2.26. The molecule has 2 saturated heterocycles. The molecule has 2 heterocycles. The van der Waals surface area contributed by atoms with Crippen LogP contribution in [0.3, 0.4) is 0 Å². The fourth-order valence-electron chi connectivity index (χ4n) is 3.93. The van der Waals surface area contributed by atoms with Crippen LogP contribution in [-0.4, -0.2) is 75.7 Å². The van der Waals surface area contributed by atoms with Crippen molar-refractivity contribution in [2.45, 2.75) is 50.2 Å². The van der Waals surface area contributed by atoms with Gasteiger partial charge in [-0.3, -0.25) is 29.0 Å². The Morgan fingerprint density at radius 1 is 1.15 bits per heavy atom. The van der Waals surface area contributed by atoms with E-state index in [1.165, 1.54) is 23.2 Å². The summed E-state index contributed by atoms with van der Waals surface area (Å²) in [4.78, 5) is 73.8. The molecule has 2 aliphatic rings. The number of rotatable bonds is 7. The summed E-state index contributed by atoms with van der Waals surface area (Å²) in [5.41, 5.74) is 0.119. The van der Waals surface area contributed by atoms with Gasteiger partial charge in [-0.2, -0.15) is 0 Å². The topological polar surface area (TPSA) is 153 Å². The van der Waals surface area contributed by atoms with Crippen LogP contribution in [0.5, 0.6) is 0 Å². The van der Waals surface area contributed by atoms with Gasteiger partial charge in [-0.05, 0) is 37.5 Å². The fourth-order valence-corrected chi connectivity index (χ4v) is 4.46. The summed E-state index contributed by atoms with van der Waals surface area (Å²) in [6.45, 7) is 0.200. The molecule has 0 unspecified atom stereocenters. The minimum absolute atomic E-state index is 0.00895. The number of carbonyl (C=O) groups is 6. The second-order valence-corrected chi connectivity index (χ2v) is 8.80. The maximum absolute atomic E-state index is 13.4. The van der Waals surface area contributed by atoms with Gasteiger partial charge in [0.25, 0.3) is 11.8 Å². The molecule has 4 amide bonds. The summed E-state index contributed by atoms with van der Waals surface area (Å²) in [6, 6.07) is 0.636. The highest BCUT2D eigenvalue weighted by atomic mass is 35.5. The van der Waals surface area contributed by atoms with Gasteiger partial charge in [-0.1, -0.05) is 23.2 Å². The molecular weight excluding hydrogens is 491 g/mol. The summed E-state index contributed by atoms with van der Waals surface area (Å²) in [7, 11) is 0. The van der Waals surface area contributed by atoms with Gasteiger partial charge in [0.1, 0.15) is 18.4 Å². The molecular formula is C21H22Cl2N4O7. The third kappa shape index (κ3) is 5.84. The smallest absolute Gasteiger partial charge is 0.305 e. The number of amides is 4. The van der Waals surface area contributed by atoms with Gasteiger partial charge in [0.15, 0.2) is 0 Å². The van der Waals surface area contributed by atoms with Crippen LogP contribution in [0.25, 0.3) is 0 Å². The van der Waals surface area contributed by atoms with E-state index in [1.807, 2.05) is 0 Å². The van der Waals surface area contributed by atoms with Crippen LogP contribution in [0.2, 0.25) is 10.0 Å². The van der Waals surface area contributed by atoms with E-state index in [0.717, 1.165) is 5.01 Å². The van der Waals surface area contributed by atoms with Crippen LogP contribution in [-0.2, 0) is 24.0 Å². The van der Waals surface area contributed by atoms with Crippen LogP contribution in [0, 0.1) is 0 Å². The highest BCUT2D eigenvalue weighted by Gasteiger charge is 2.45. The van der Waals surface area contributed by atoms with Gasteiger partial charge in [-0.25, -0.2) is 5.01 Å². The van der Waals surface area contributed by atoms with E-state index in [-0.39, 0.29) is 41.4 Å². The molecule has 0 bridgehead atoms. The number of benzene rings is 1. The van der Waals surface area contributed by atoms with Crippen LogP contribution >= 0.6 is 23.2 Å². The van der Waals surface area contributed by atoms with Crippen molar-refractivity contribution >= 4 is 59.1 Å². The minimum atomic E-state index is -1.29. The van der Waals surface area contributed by atoms with Gasteiger partial charge in [0.2, 0.25) is 11.8 Å². The van der Waals surface area contributed by atoms with Crippen LogP contribution < -0.4 is 10.6 Å². The molecule has 0 aromatic heterocycles. The normalized spacial score (nSPS) is 21.2. The summed E-state index contributed by atoms with van der Waals surface area (Å²) < 4.78 is 0. The Morgan fingerprint density at radius 2 is 1.82 bits per heavy atom. The van der Waals surface area contributed by atoms with Crippen molar-refractivity contribution in [1.29, 1.82) is 0 Å². The summed E-state index contributed by atoms with van der Waals surface area (Å²) in [6.07, 6.45) is 0.227. The van der Waals surface area contributed by atoms with E-state index < -0.39 is 54.1 Å². The Bertz CT molecular complexity index is 1010. The lowest BCUT2D eigenvalue weighted by Crippen LogP contribution is -2.64. The van der Waals surface area contributed by atoms with Crippen molar-refractivity contribution in [3.63, 3.8) is 0 Å².